The van der Waals surface area contributed by atoms with Crippen molar-refractivity contribution in [3.8, 4) is 17.3 Å². The Hall–Kier alpha value is -3.85. The predicted octanol–water partition coefficient (Wildman–Crippen LogP) is 5.53. The lowest BCUT2D eigenvalue weighted by molar-refractivity contribution is 0.111. The zero-order valence-electron chi connectivity index (χ0n) is 23.2. The highest BCUT2D eigenvalue weighted by Crippen LogP contribution is 2.42. The topological polar surface area (TPSA) is 154 Å². The molecule has 0 aliphatic heterocycles. The molecule has 0 unspecified atom stereocenters. The Balaban J connectivity index is 0.000000623. The summed E-state index contributed by atoms with van der Waals surface area (Å²) in [6, 6.07) is 16.7. The first-order valence-electron chi connectivity index (χ1n) is 13.9. The number of anilines is 2. The third kappa shape index (κ3) is 7.27. The molecule has 2 saturated carbocycles. The SMILES string of the molecule is CCc1nc2ccc(-c3cc(C4CC4)cc(Nc4cc(C#N)ccn4)n3)cc2n1[C@H]1CC[C@H](O)CC1.CS(=O)(=O)O. The molecule has 3 N–H and O–H groups in total. The van der Waals surface area contributed by atoms with Gasteiger partial charge in [-0.15, -0.1) is 0 Å². The number of aryl methyl sites for hydroxylation is 1. The van der Waals surface area contributed by atoms with Crippen molar-refractivity contribution in [2.24, 2.45) is 0 Å². The highest BCUT2D eigenvalue weighted by Gasteiger charge is 2.26. The van der Waals surface area contributed by atoms with Crippen molar-refractivity contribution in [1.29, 1.82) is 5.26 Å². The van der Waals surface area contributed by atoms with E-state index in [2.05, 4.69) is 58.2 Å². The average molecular weight is 575 g/mol. The molecule has 2 aliphatic carbocycles. The Morgan fingerprint density at radius 3 is 2.41 bits per heavy atom. The van der Waals surface area contributed by atoms with Crippen molar-refractivity contribution in [1.82, 2.24) is 19.5 Å². The quantitative estimate of drug-likeness (QED) is 0.252. The summed E-state index contributed by atoms with van der Waals surface area (Å²) in [5.41, 5.74) is 5.98. The lowest BCUT2D eigenvalue weighted by Gasteiger charge is -2.28. The number of pyridine rings is 2. The molecule has 41 heavy (non-hydrogen) atoms. The molecule has 0 spiro atoms. The lowest BCUT2D eigenvalue weighted by atomic mass is 9.92. The van der Waals surface area contributed by atoms with Crippen molar-refractivity contribution in [3.05, 3.63) is 65.6 Å². The van der Waals surface area contributed by atoms with Crippen LogP contribution < -0.4 is 5.32 Å². The Kier molecular flexibility index (Phi) is 8.35. The van der Waals surface area contributed by atoms with Gasteiger partial charge in [0, 0.05) is 24.2 Å². The summed E-state index contributed by atoms with van der Waals surface area (Å²) in [4.78, 5) is 14.3. The normalized spacial score (nSPS) is 18.8. The second-order valence-electron chi connectivity index (χ2n) is 10.8. The van der Waals surface area contributed by atoms with Crippen molar-refractivity contribution in [2.45, 2.75) is 69.9 Å². The van der Waals surface area contributed by atoms with Gasteiger partial charge in [-0.25, -0.2) is 15.0 Å². The maximum absolute atomic E-state index is 10.0. The number of fused-ring (bicyclic) bond motifs is 1. The van der Waals surface area contributed by atoms with Gasteiger partial charge in [-0.05, 0) is 86.4 Å². The number of aliphatic hydroxyl groups is 1. The maximum Gasteiger partial charge on any atom is 0.261 e. The number of nitrogens with one attached hydrogen (secondary N) is 1. The molecule has 2 aliphatic rings. The number of rotatable bonds is 6. The zero-order valence-corrected chi connectivity index (χ0v) is 24.0. The fourth-order valence-corrected chi connectivity index (χ4v) is 5.39. The first-order valence-corrected chi connectivity index (χ1v) is 15.7. The minimum atomic E-state index is -3.67. The van der Waals surface area contributed by atoms with Gasteiger partial charge in [0.15, 0.2) is 0 Å². The van der Waals surface area contributed by atoms with Crippen molar-refractivity contribution in [2.75, 3.05) is 11.6 Å². The summed E-state index contributed by atoms with van der Waals surface area (Å²) in [6.07, 6.45) is 9.08. The van der Waals surface area contributed by atoms with E-state index in [1.54, 1.807) is 18.3 Å². The Morgan fingerprint density at radius 2 is 1.76 bits per heavy atom. The largest absolute Gasteiger partial charge is 0.393 e. The summed E-state index contributed by atoms with van der Waals surface area (Å²) in [6.45, 7) is 2.16. The summed E-state index contributed by atoms with van der Waals surface area (Å²) in [5.74, 6) is 3.02. The van der Waals surface area contributed by atoms with Gasteiger partial charge in [0.2, 0.25) is 0 Å². The highest BCUT2D eigenvalue weighted by atomic mass is 32.2. The number of benzene rings is 1. The van der Waals surface area contributed by atoms with Crippen LogP contribution in [0.3, 0.4) is 0 Å². The van der Waals surface area contributed by atoms with Crippen LogP contribution in [0.15, 0.2) is 48.7 Å². The van der Waals surface area contributed by atoms with Crippen LogP contribution in [0.5, 0.6) is 0 Å². The predicted molar refractivity (Wildman–Crippen MR) is 158 cm³/mol. The van der Waals surface area contributed by atoms with Crippen LogP contribution in [0.25, 0.3) is 22.3 Å². The molecule has 1 aromatic carbocycles. The molecule has 3 aromatic heterocycles. The van der Waals surface area contributed by atoms with Gasteiger partial charge in [-0.1, -0.05) is 13.0 Å². The minimum Gasteiger partial charge on any atom is -0.393 e. The first kappa shape index (κ1) is 28.7. The van der Waals surface area contributed by atoms with E-state index >= 15 is 0 Å². The van der Waals surface area contributed by atoms with Gasteiger partial charge < -0.3 is 15.0 Å². The summed E-state index contributed by atoms with van der Waals surface area (Å²) >= 11 is 0. The molecule has 0 amide bonds. The number of nitriles is 1. The Bertz CT molecular complexity index is 1690. The Labute approximate surface area is 239 Å². The third-order valence-corrected chi connectivity index (χ3v) is 7.45. The van der Waals surface area contributed by atoms with E-state index in [1.165, 1.54) is 18.4 Å². The molecule has 0 atom stereocenters. The van der Waals surface area contributed by atoms with Crippen LogP contribution in [0.1, 0.15) is 74.4 Å². The number of nitrogens with zero attached hydrogens (tertiary/aromatic N) is 5. The van der Waals surface area contributed by atoms with Gasteiger partial charge in [0.25, 0.3) is 10.1 Å². The molecule has 6 rings (SSSR count). The van der Waals surface area contributed by atoms with Crippen LogP contribution >= 0.6 is 0 Å². The Morgan fingerprint density at radius 1 is 1.02 bits per heavy atom. The standard InChI is InChI=1S/C29H30N6O.CH4O3S/c1-2-29-33-24-10-5-20(15-26(24)35(29)22-6-8-23(36)9-7-22)25-14-21(19-3-4-19)16-28(32-25)34-27-13-18(17-30)11-12-31-27;1-5(2,3)4/h5,10-16,19,22-23,36H,2-4,6-9H2,1H3,(H,31,32,34);1H3,(H,2,3,4)/t22-,23-;. The van der Waals surface area contributed by atoms with E-state index in [4.69, 9.17) is 14.5 Å². The number of hydrogen-bond donors (Lipinski definition) is 3. The van der Waals surface area contributed by atoms with Gasteiger partial charge >= 0.3 is 0 Å². The van der Waals surface area contributed by atoms with E-state index in [1.807, 2.05) is 0 Å². The van der Waals surface area contributed by atoms with E-state index in [0.29, 0.717) is 29.6 Å². The van der Waals surface area contributed by atoms with E-state index in [-0.39, 0.29) is 6.10 Å². The van der Waals surface area contributed by atoms with Crippen LogP contribution in [0, 0.1) is 11.3 Å². The second-order valence-corrected chi connectivity index (χ2v) is 12.2. The molecule has 3 heterocycles. The number of imidazole rings is 1. The van der Waals surface area contributed by atoms with Gasteiger partial charge in [-0.2, -0.15) is 13.7 Å². The summed E-state index contributed by atoms with van der Waals surface area (Å²) < 4.78 is 28.3. The maximum atomic E-state index is 10.0. The molecule has 11 heteroatoms. The number of aliphatic hydroxyl groups excluding tert-OH is 1. The molecule has 4 aromatic rings. The molecular formula is C30H34N6O4S. The van der Waals surface area contributed by atoms with Gasteiger partial charge in [-0.3, -0.25) is 4.55 Å². The third-order valence-electron chi connectivity index (χ3n) is 7.45. The molecule has 2 fully saturated rings. The molecular weight excluding hydrogens is 540 g/mol. The summed E-state index contributed by atoms with van der Waals surface area (Å²) in [5, 5.41) is 22.6. The zero-order chi connectivity index (χ0) is 29.1. The smallest absolute Gasteiger partial charge is 0.261 e. The van der Waals surface area contributed by atoms with E-state index in [0.717, 1.165) is 66.0 Å². The fraction of sp³-hybridized carbons (Fsp3) is 0.400. The minimum absolute atomic E-state index is 0.180. The van der Waals surface area contributed by atoms with Crippen molar-refractivity contribution >= 4 is 32.8 Å². The monoisotopic (exact) mass is 574 g/mol. The molecule has 0 bridgehead atoms. The molecule has 214 valence electrons. The second kappa shape index (κ2) is 11.9. The van der Waals surface area contributed by atoms with Crippen molar-refractivity contribution in [3.63, 3.8) is 0 Å². The molecule has 0 radical (unpaired) electrons. The van der Waals surface area contributed by atoms with E-state index < -0.39 is 10.1 Å². The molecule has 0 saturated heterocycles. The van der Waals surface area contributed by atoms with Crippen LogP contribution in [0.4, 0.5) is 11.6 Å². The highest BCUT2D eigenvalue weighted by molar-refractivity contribution is 7.85. The van der Waals surface area contributed by atoms with Crippen molar-refractivity contribution < 1.29 is 18.1 Å². The van der Waals surface area contributed by atoms with Crippen LogP contribution in [-0.2, 0) is 16.5 Å². The number of hydrogen-bond acceptors (Lipinski definition) is 8. The summed E-state index contributed by atoms with van der Waals surface area (Å²) in [7, 11) is -3.67. The van der Waals surface area contributed by atoms with Gasteiger partial charge in [0.05, 0.1) is 40.7 Å². The van der Waals surface area contributed by atoms with E-state index in [9.17, 15) is 18.8 Å². The molecule has 10 nitrogen and oxygen atoms in total. The number of aromatic nitrogens is 4. The lowest BCUT2D eigenvalue weighted by Crippen LogP contribution is -2.22. The first-order chi connectivity index (χ1) is 19.6. The van der Waals surface area contributed by atoms with Gasteiger partial charge in [0.1, 0.15) is 17.5 Å². The van der Waals surface area contributed by atoms with Crippen LogP contribution in [0.2, 0.25) is 0 Å². The average Bonchev–Trinajstić information content (AvgIpc) is 3.73. The fourth-order valence-electron chi connectivity index (χ4n) is 5.39. The van der Waals surface area contributed by atoms with Crippen LogP contribution in [-0.4, -0.2) is 50.0 Å².